The number of nitrogens with zero attached hydrogens (tertiary/aromatic N) is 9. The van der Waals surface area contributed by atoms with Crippen molar-refractivity contribution in [3.05, 3.63) is 78.6 Å². The van der Waals surface area contributed by atoms with Crippen molar-refractivity contribution in [1.82, 2.24) is 40.2 Å². The van der Waals surface area contributed by atoms with Crippen molar-refractivity contribution >= 4 is 23.8 Å². The first-order chi connectivity index (χ1) is 22.0. The van der Waals surface area contributed by atoms with Gasteiger partial charge in [-0.1, -0.05) is 6.07 Å². The molecule has 250 valence electrons. The predicted molar refractivity (Wildman–Crippen MR) is 152 cm³/mol. The van der Waals surface area contributed by atoms with E-state index >= 15 is 4.39 Å². The van der Waals surface area contributed by atoms with Crippen LogP contribution in [0.1, 0.15) is 19.4 Å². The average molecular weight is 769 g/mol. The Kier molecular flexibility index (Phi) is 11.3. The molecular weight excluding hydrogens is 737 g/mol. The Morgan fingerprint density at radius 2 is 1.87 bits per heavy atom. The van der Waals surface area contributed by atoms with Crippen LogP contribution >= 0.6 is 0 Å². The van der Waals surface area contributed by atoms with Gasteiger partial charge in [-0.2, -0.15) is 0 Å². The summed E-state index contributed by atoms with van der Waals surface area (Å²) in [6, 6.07) is 8.34. The molecule has 4 aromatic rings. The summed E-state index contributed by atoms with van der Waals surface area (Å²) in [7, 11) is 0. The number of halogens is 3. The van der Waals surface area contributed by atoms with Gasteiger partial charge in [0.05, 0.1) is 18.3 Å². The van der Waals surface area contributed by atoms with Crippen molar-refractivity contribution in [2.45, 2.75) is 38.8 Å². The Morgan fingerprint density at radius 1 is 1.13 bits per heavy atom. The number of hydrogen-bond donors (Lipinski definition) is 2. The summed E-state index contributed by atoms with van der Waals surface area (Å²) >= 11 is 0. The monoisotopic (exact) mass is 768 g/mol. The van der Waals surface area contributed by atoms with E-state index in [2.05, 4.69) is 25.9 Å². The molecule has 2 N–H and O–H groups in total. The number of urea groups is 1. The van der Waals surface area contributed by atoms with Crippen LogP contribution in [0.15, 0.2) is 61.4 Å². The van der Waals surface area contributed by atoms with Crippen LogP contribution in [-0.2, 0) is 33.1 Å². The molecule has 16 nitrogen and oxygen atoms in total. The molecule has 0 radical (unpaired) electrons. The molecular formula is C28H31F2IN10O6. The minimum absolute atomic E-state index is 0. The topological polar surface area (TPSA) is 174 Å². The van der Waals surface area contributed by atoms with Crippen LogP contribution in [0.3, 0.4) is 0 Å². The molecule has 2 aromatic heterocycles. The lowest BCUT2D eigenvalue weighted by Gasteiger charge is -2.38. The molecule has 0 saturated carbocycles. The minimum atomic E-state index is -2.08. The van der Waals surface area contributed by atoms with Crippen LogP contribution in [0.2, 0.25) is 0 Å². The van der Waals surface area contributed by atoms with Gasteiger partial charge in [-0.05, 0) is 47.7 Å². The molecule has 2 aromatic carbocycles. The Morgan fingerprint density at radius 3 is 2.55 bits per heavy atom. The first-order valence-electron chi connectivity index (χ1n) is 14.1. The zero-order chi connectivity index (χ0) is 32.8. The molecule has 1 aliphatic heterocycles. The van der Waals surface area contributed by atoms with Crippen molar-refractivity contribution in [2.24, 2.45) is 0 Å². The van der Waals surface area contributed by atoms with E-state index < -0.39 is 35.5 Å². The number of benzene rings is 2. The van der Waals surface area contributed by atoms with Gasteiger partial charge in [0.15, 0.2) is 0 Å². The fraction of sp³-hybridized carbons (Fsp3) is 0.357. The summed E-state index contributed by atoms with van der Waals surface area (Å²) in [5.74, 6) is -2.10. The van der Waals surface area contributed by atoms with Crippen molar-refractivity contribution in [2.75, 3.05) is 31.1 Å². The molecule has 0 spiro atoms. The van der Waals surface area contributed by atoms with E-state index in [-0.39, 0.29) is 75.0 Å². The van der Waals surface area contributed by atoms with Gasteiger partial charge in [-0.3, -0.25) is 9.69 Å². The summed E-state index contributed by atoms with van der Waals surface area (Å²) in [5.41, 5.74) is -1.04. The van der Waals surface area contributed by atoms with Crippen molar-refractivity contribution in [3.63, 3.8) is 0 Å². The highest BCUT2D eigenvalue weighted by molar-refractivity contribution is 5.94. The molecule has 1 aliphatic rings. The quantitative estimate of drug-likeness (QED) is 0.0704. The highest BCUT2D eigenvalue weighted by Gasteiger charge is 2.47. The second-order valence-electron chi connectivity index (χ2n) is 10.4. The van der Waals surface area contributed by atoms with E-state index in [0.29, 0.717) is 17.4 Å². The number of anilines is 1. The number of hydrogen-bond acceptors (Lipinski definition) is 10. The first kappa shape index (κ1) is 35.1. The smallest absolute Gasteiger partial charge is 0.511 e. The number of amides is 3. The number of aliphatic hydroxyl groups is 1. The van der Waals surface area contributed by atoms with Gasteiger partial charge in [0.25, 0.3) is 6.33 Å². The Balaban J connectivity index is 0.00000500. The third kappa shape index (κ3) is 8.14. The van der Waals surface area contributed by atoms with Gasteiger partial charge >= 0.3 is 12.2 Å². The van der Waals surface area contributed by atoms with Crippen LogP contribution in [0.5, 0.6) is 0 Å². The fourth-order valence-corrected chi connectivity index (χ4v) is 5.05. The standard InChI is InChI=1S/C28H30F2N10O6.HI/c1-19(38-10-11-39(26(38)42)22-4-6-23(7-5-22)40-15-32-34-35-40)28(44,24-8-3-21(29)13-25(24)30)14-37-17-36(16-33-37)18-46-27(43)45-12-9-31-20(2)41;/h3-8,13,15-17,19,44H,9-12,14,18H2,1-2H3;1H/t19-,28-;/m1./s1. The molecule has 0 aliphatic carbocycles. The molecule has 2 atom stereocenters. The zero-order valence-corrected chi connectivity index (χ0v) is 27.4. The maximum Gasteiger partial charge on any atom is 0.511 e. The highest BCUT2D eigenvalue weighted by atomic mass is 127. The molecule has 5 rings (SSSR count). The molecule has 3 amide bonds. The summed E-state index contributed by atoms with van der Waals surface area (Å²) < 4.78 is 43.1. The van der Waals surface area contributed by atoms with Gasteiger partial charge in [0, 0.05) is 42.4 Å². The van der Waals surface area contributed by atoms with E-state index in [0.717, 1.165) is 12.1 Å². The molecule has 0 unspecified atom stereocenters. The maximum atomic E-state index is 15.2. The first-order valence-corrected chi connectivity index (χ1v) is 14.1. The van der Waals surface area contributed by atoms with Crippen LogP contribution in [0, 0.1) is 11.6 Å². The van der Waals surface area contributed by atoms with Crippen LogP contribution < -0.4 is 38.8 Å². The lowest BCUT2D eigenvalue weighted by atomic mass is 9.85. The number of rotatable bonds is 12. The van der Waals surface area contributed by atoms with E-state index in [4.69, 9.17) is 9.47 Å². The number of nitrogens with one attached hydrogen (secondary N) is 1. The third-order valence-corrected chi connectivity index (χ3v) is 7.43. The third-order valence-electron chi connectivity index (χ3n) is 7.43. The second-order valence-corrected chi connectivity index (χ2v) is 10.4. The number of carbonyl (C=O) groups is 3. The van der Waals surface area contributed by atoms with Gasteiger partial charge in [-0.25, -0.2) is 27.6 Å². The van der Waals surface area contributed by atoms with E-state index in [9.17, 15) is 23.9 Å². The molecule has 3 heterocycles. The Hall–Kier alpha value is -4.79. The normalized spacial score (nSPS) is 14.7. The summed E-state index contributed by atoms with van der Waals surface area (Å²) in [6.45, 7) is 2.78. The van der Waals surface area contributed by atoms with Gasteiger partial charge in [-0.15, -0.1) is 9.78 Å². The maximum absolute atomic E-state index is 15.2. The minimum Gasteiger partial charge on any atom is -1.00 e. The van der Waals surface area contributed by atoms with Crippen LogP contribution in [-0.4, -0.2) is 90.4 Å². The highest BCUT2D eigenvalue weighted by Crippen LogP contribution is 2.35. The lowest BCUT2D eigenvalue weighted by molar-refractivity contribution is -0.728. The number of aromatic nitrogens is 7. The molecule has 1 fully saturated rings. The van der Waals surface area contributed by atoms with Crippen molar-refractivity contribution in [3.8, 4) is 5.69 Å². The average Bonchev–Trinajstić information content (AvgIpc) is 3.80. The molecule has 1 saturated heterocycles. The van der Waals surface area contributed by atoms with Gasteiger partial charge < -0.3 is 48.8 Å². The van der Waals surface area contributed by atoms with Crippen LogP contribution in [0.4, 0.5) is 24.1 Å². The van der Waals surface area contributed by atoms with Crippen molar-refractivity contribution < 1.29 is 66.3 Å². The van der Waals surface area contributed by atoms with Crippen LogP contribution in [0.25, 0.3) is 5.69 Å². The Labute approximate surface area is 283 Å². The zero-order valence-electron chi connectivity index (χ0n) is 25.2. The van der Waals surface area contributed by atoms with Gasteiger partial charge in [0.1, 0.15) is 36.7 Å². The Bertz CT molecular complexity index is 1690. The summed E-state index contributed by atoms with van der Waals surface area (Å²) in [4.78, 5) is 39.3. The largest absolute Gasteiger partial charge is 1.00 e. The van der Waals surface area contributed by atoms with E-state index in [1.165, 1.54) is 49.6 Å². The SMILES string of the molecule is CC(=O)NCCOC(=O)OC[n+]1cnn(C[C@](O)(c2ccc(F)cc2F)[C@@H](C)N2CCN(c3ccc(-n4cnnn4)cc3)C2=O)c1.[I-]. The molecule has 19 heteroatoms. The predicted octanol–water partition coefficient (Wildman–Crippen LogP) is -2.11. The summed E-state index contributed by atoms with van der Waals surface area (Å²) in [5, 5.41) is 29.9. The van der Waals surface area contributed by atoms with Gasteiger partial charge in [0.2, 0.25) is 19.0 Å². The number of carbonyl (C=O) groups excluding carboxylic acids is 3. The molecule has 47 heavy (non-hydrogen) atoms. The van der Waals surface area contributed by atoms with E-state index in [1.54, 1.807) is 31.2 Å². The number of ether oxygens (including phenoxy) is 2. The lowest BCUT2D eigenvalue weighted by Crippen LogP contribution is -3.00. The van der Waals surface area contributed by atoms with E-state index in [1.807, 2.05) is 0 Å². The second kappa shape index (κ2) is 15.2. The fourth-order valence-electron chi connectivity index (χ4n) is 5.05. The number of tetrazole rings is 1. The summed E-state index contributed by atoms with van der Waals surface area (Å²) in [6.07, 6.45) is 3.16. The van der Waals surface area contributed by atoms with Crippen molar-refractivity contribution in [1.29, 1.82) is 0 Å². The molecule has 0 bridgehead atoms.